The number of ketones is 1. The summed E-state index contributed by atoms with van der Waals surface area (Å²) >= 11 is 0. The lowest BCUT2D eigenvalue weighted by Gasteiger charge is -2.37. The zero-order valence-corrected chi connectivity index (χ0v) is 48.1. The zero-order valence-electron chi connectivity index (χ0n) is 48.1. The van der Waals surface area contributed by atoms with Gasteiger partial charge in [0.1, 0.15) is 12.4 Å². The summed E-state index contributed by atoms with van der Waals surface area (Å²) in [6, 6.07) is 46.2. The largest absolute Gasteiger partial charge is 0.449 e. The Balaban J connectivity index is 0.599. The fraction of sp³-hybridized carbons (Fsp3) is 0.508. The molecule has 17 nitrogen and oxygen atoms in total. The predicted molar refractivity (Wildman–Crippen MR) is 314 cm³/mol. The maximum absolute atomic E-state index is 12.7. The van der Waals surface area contributed by atoms with Crippen LogP contribution in [0.2, 0.25) is 0 Å². The summed E-state index contributed by atoms with van der Waals surface area (Å²) in [4.78, 5) is 25.0. The van der Waals surface area contributed by atoms with Crippen molar-refractivity contribution in [3.63, 3.8) is 0 Å². The monoisotopic (exact) mass is 1140 g/mol. The minimum atomic E-state index is -0.549. The van der Waals surface area contributed by atoms with E-state index in [0.29, 0.717) is 184 Å². The van der Waals surface area contributed by atoms with Crippen LogP contribution in [-0.2, 0) is 71.9 Å². The van der Waals surface area contributed by atoms with Crippen LogP contribution >= 0.6 is 0 Å². The Morgan fingerprint density at radius 2 is 0.720 bits per heavy atom. The minimum absolute atomic E-state index is 0.0284. The van der Waals surface area contributed by atoms with Crippen LogP contribution in [0.5, 0.6) is 0 Å². The van der Waals surface area contributed by atoms with E-state index < -0.39 is 11.6 Å². The number of carbonyl (C=O) groups is 2. The van der Waals surface area contributed by atoms with Crippen molar-refractivity contribution < 1.29 is 71.2 Å². The molecule has 6 rings (SSSR count). The molecular formula is C65H88N2O15. The van der Waals surface area contributed by atoms with Gasteiger partial charge in [-0.25, -0.2) is 4.79 Å². The topological polar surface area (TPSA) is 178 Å². The lowest BCUT2D eigenvalue weighted by atomic mass is 9.76. The van der Waals surface area contributed by atoms with Gasteiger partial charge < -0.3 is 66.9 Å². The number of ether oxygens (including phenoxy) is 13. The van der Waals surface area contributed by atoms with E-state index in [4.69, 9.17) is 61.6 Å². The highest BCUT2D eigenvalue weighted by Gasteiger charge is 2.36. The second-order valence-electron chi connectivity index (χ2n) is 19.3. The first-order valence-electron chi connectivity index (χ1n) is 29.0. The predicted octanol–water partition coefficient (Wildman–Crippen LogP) is 8.35. The van der Waals surface area contributed by atoms with Crippen molar-refractivity contribution in [1.82, 2.24) is 10.6 Å². The van der Waals surface area contributed by atoms with Crippen molar-refractivity contribution in [2.24, 2.45) is 0 Å². The molecule has 0 spiro atoms. The van der Waals surface area contributed by atoms with Crippen molar-refractivity contribution >= 4 is 11.9 Å². The molecule has 0 saturated carbocycles. The van der Waals surface area contributed by atoms with Gasteiger partial charge in [-0.1, -0.05) is 139 Å². The molecule has 0 bridgehead atoms. The van der Waals surface area contributed by atoms with Crippen molar-refractivity contribution in [3.8, 4) is 11.1 Å². The zero-order chi connectivity index (χ0) is 57.2. The van der Waals surface area contributed by atoms with Crippen molar-refractivity contribution in [2.75, 3.05) is 178 Å². The molecule has 0 heterocycles. The molecule has 0 aliphatic heterocycles. The van der Waals surface area contributed by atoms with Gasteiger partial charge in [-0.3, -0.25) is 10.1 Å². The molecule has 0 atom stereocenters. The number of nitrogens with one attached hydrogen (secondary N) is 2. The molecule has 0 radical (unpaired) electrons. The third-order valence-electron chi connectivity index (χ3n) is 13.4. The SMILES string of the molecule is Cc1ccc(C(NCCCC(=O)CCOCCOCCOCCOCCOCCOCCOCCOCCOCCOCCOCCOCCNC(=O)OCC2c3ccccc3-c3ccccc32)(c2ccccc2)c2ccccc2)cc1. The van der Waals surface area contributed by atoms with E-state index in [0.717, 1.165) is 23.1 Å². The first-order valence-corrected chi connectivity index (χ1v) is 29.0. The number of rotatable bonds is 49. The number of hydrogen-bond donors (Lipinski definition) is 2. The number of Topliss-reactive ketones (excluding diaryl/α,β-unsaturated/α-hetero) is 1. The lowest BCUT2D eigenvalue weighted by molar-refractivity contribution is -0.120. The van der Waals surface area contributed by atoms with Crippen molar-refractivity contribution in [2.45, 2.75) is 37.6 Å². The van der Waals surface area contributed by atoms with Crippen LogP contribution in [0, 0.1) is 6.92 Å². The van der Waals surface area contributed by atoms with Gasteiger partial charge in [0.25, 0.3) is 0 Å². The van der Waals surface area contributed by atoms with Gasteiger partial charge in [-0.05, 0) is 58.8 Å². The third kappa shape index (κ3) is 24.8. The molecule has 448 valence electrons. The number of hydrogen-bond acceptors (Lipinski definition) is 16. The number of fused-ring (bicyclic) bond motifs is 3. The molecule has 5 aromatic rings. The lowest BCUT2D eigenvalue weighted by Crippen LogP contribution is -2.45. The second-order valence-corrected chi connectivity index (χ2v) is 19.3. The summed E-state index contributed by atoms with van der Waals surface area (Å²) in [6.07, 6.45) is 1.13. The van der Waals surface area contributed by atoms with E-state index in [-0.39, 0.29) is 18.3 Å². The van der Waals surface area contributed by atoms with Crippen LogP contribution in [0.15, 0.2) is 133 Å². The molecule has 0 unspecified atom stereocenters. The Hall–Kier alpha value is -5.48. The molecule has 17 heteroatoms. The van der Waals surface area contributed by atoms with Crippen LogP contribution in [0.4, 0.5) is 4.79 Å². The summed E-state index contributed by atoms with van der Waals surface area (Å²) in [5.74, 6) is 0.217. The molecule has 1 amide bonds. The van der Waals surface area contributed by atoms with Crippen LogP contribution in [0.1, 0.15) is 58.6 Å². The van der Waals surface area contributed by atoms with Crippen LogP contribution in [0.3, 0.4) is 0 Å². The summed E-state index contributed by atoms with van der Waals surface area (Å²) in [5.41, 5.74) is 8.88. The second kappa shape index (κ2) is 41.5. The minimum Gasteiger partial charge on any atom is -0.449 e. The Morgan fingerprint density at radius 1 is 0.378 bits per heavy atom. The van der Waals surface area contributed by atoms with Gasteiger partial charge in [-0.15, -0.1) is 0 Å². The Morgan fingerprint density at radius 3 is 1.12 bits per heavy atom. The average molecular weight is 1140 g/mol. The Kier molecular flexibility index (Phi) is 33.2. The molecule has 0 fully saturated rings. The highest BCUT2D eigenvalue weighted by Crippen LogP contribution is 2.44. The summed E-state index contributed by atoms with van der Waals surface area (Å²) in [7, 11) is 0. The van der Waals surface area contributed by atoms with Gasteiger partial charge in [0, 0.05) is 25.3 Å². The fourth-order valence-corrected chi connectivity index (χ4v) is 9.25. The van der Waals surface area contributed by atoms with Crippen molar-refractivity contribution in [1.29, 1.82) is 0 Å². The Labute approximate surface area is 485 Å². The van der Waals surface area contributed by atoms with Crippen molar-refractivity contribution in [3.05, 3.63) is 167 Å². The smallest absolute Gasteiger partial charge is 0.407 e. The Bertz CT molecular complexity index is 2350. The third-order valence-corrected chi connectivity index (χ3v) is 13.4. The van der Waals surface area contributed by atoms with E-state index in [1.807, 2.05) is 36.4 Å². The normalized spacial score (nSPS) is 12.2. The summed E-state index contributed by atoms with van der Waals surface area (Å²) < 4.78 is 72.3. The van der Waals surface area contributed by atoms with E-state index in [9.17, 15) is 9.59 Å². The maximum Gasteiger partial charge on any atom is 0.407 e. The number of benzene rings is 5. The number of amides is 1. The summed E-state index contributed by atoms with van der Waals surface area (Å²) in [6.45, 7) is 14.3. The number of alkyl carbamates (subject to hydrolysis) is 1. The fourth-order valence-electron chi connectivity index (χ4n) is 9.25. The molecule has 2 N–H and O–H groups in total. The van der Waals surface area contributed by atoms with E-state index in [1.165, 1.54) is 27.8 Å². The van der Waals surface area contributed by atoms with Gasteiger partial charge in [0.2, 0.25) is 0 Å². The molecule has 0 aromatic heterocycles. The first-order chi connectivity index (χ1) is 40.6. The molecule has 1 aliphatic rings. The standard InChI is InChI=1S/C65H88N2O15/c1-54-22-24-57(25-23-54)65(55-13-4-2-5-14-55,56-15-6-3-7-16-56)67-27-12-17-58(68)26-29-70-31-33-72-35-37-74-39-41-76-43-45-78-47-49-80-51-52-81-50-48-79-46-44-77-42-40-75-38-36-73-34-32-71-30-28-66-64(69)82-53-63-61-20-10-8-18-59(61)60-19-9-11-21-62(60)63/h2-11,13-16,18-25,63,67H,12,17,26-53H2,1H3,(H,66,69). The molecule has 1 aliphatic carbocycles. The van der Waals surface area contributed by atoms with Gasteiger partial charge in [0.05, 0.1) is 164 Å². The molecule has 0 saturated heterocycles. The van der Waals surface area contributed by atoms with Crippen LogP contribution in [0.25, 0.3) is 11.1 Å². The van der Waals surface area contributed by atoms with Gasteiger partial charge in [-0.2, -0.15) is 0 Å². The van der Waals surface area contributed by atoms with E-state index >= 15 is 0 Å². The highest BCUT2D eigenvalue weighted by molar-refractivity contribution is 5.79. The highest BCUT2D eigenvalue weighted by atomic mass is 16.6. The number of aryl methyl sites for hydroxylation is 1. The quantitative estimate of drug-likeness (QED) is 0.0280. The van der Waals surface area contributed by atoms with Gasteiger partial charge in [0.15, 0.2) is 0 Å². The van der Waals surface area contributed by atoms with Crippen LogP contribution < -0.4 is 10.6 Å². The summed E-state index contributed by atoms with van der Waals surface area (Å²) in [5, 5.41) is 6.61. The van der Waals surface area contributed by atoms with Gasteiger partial charge >= 0.3 is 6.09 Å². The average Bonchev–Trinajstić information content (AvgIpc) is 3.99. The molecule has 5 aromatic carbocycles. The maximum atomic E-state index is 12.7. The molecular weight excluding hydrogens is 1050 g/mol. The molecule has 82 heavy (non-hydrogen) atoms. The van der Waals surface area contributed by atoms with Crippen LogP contribution in [-0.4, -0.2) is 190 Å². The van der Waals surface area contributed by atoms with E-state index in [2.05, 4.69) is 115 Å². The van der Waals surface area contributed by atoms with E-state index in [1.54, 1.807) is 0 Å². The first kappa shape index (κ1) is 65.7. The number of carbonyl (C=O) groups excluding carboxylic acids is 2.